The number of carbonyl (C=O) groups excluding carboxylic acids is 2. The zero-order valence-corrected chi connectivity index (χ0v) is 14.0. The van der Waals surface area contributed by atoms with Crippen molar-refractivity contribution in [2.75, 3.05) is 26.3 Å². The Labute approximate surface area is 137 Å². The Morgan fingerprint density at radius 3 is 2.43 bits per heavy atom. The summed E-state index contributed by atoms with van der Waals surface area (Å²) in [6.07, 6.45) is 0. The van der Waals surface area contributed by atoms with E-state index in [1.165, 1.54) is 10.5 Å². The number of benzene rings is 1. The first-order valence-corrected chi connectivity index (χ1v) is 7.92. The molecule has 0 bridgehead atoms. The van der Waals surface area contributed by atoms with E-state index in [2.05, 4.69) is 19.2 Å². The van der Waals surface area contributed by atoms with Gasteiger partial charge in [-0.2, -0.15) is 0 Å². The molecule has 1 aliphatic heterocycles. The Balaban J connectivity index is 2.12. The lowest BCUT2D eigenvalue weighted by Crippen LogP contribution is -2.41. The minimum absolute atomic E-state index is 0.227. The van der Waals surface area contributed by atoms with E-state index in [-0.39, 0.29) is 18.5 Å². The van der Waals surface area contributed by atoms with Crippen LogP contribution in [-0.2, 0) is 15.1 Å². The second kappa shape index (κ2) is 7.10. The van der Waals surface area contributed by atoms with Crippen LogP contribution in [0.2, 0.25) is 0 Å². The zero-order chi connectivity index (χ0) is 17.0. The molecule has 126 valence electrons. The molecule has 1 saturated heterocycles. The number of nitrogens with one attached hydrogen (secondary N) is 1. The lowest BCUT2D eigenvalue weighted by atomic mass is 9.90. The average molecular weight is 319 g/mol. The van der Waals surface area contributed by atoms with Crippen LogP contribution in [0.15, 0.2) is 24.3 Å². The molecule has 3 N–H and O–H groups in total. The van der Waals surface area contributed by atoms with Crippen molar-refractivity contribution in [2.24, 2.45) is 5.73 Å². The summed E-state index contributed by atoms with van der Waals surface area (Å²) in [4.78, 5) is 26.0. The Bertz CT molecular complexity index is 571. The van der Waals surface area contributed by atoms with Gasteiger partial charge in [-0.1, -0.05) is 38.1 Å². The van der Waals surface area contributed by atoms with Gasteiger partial charge in [-0.05, 0) is 24.0 Å². The fourth-order valence-corrected chi connectivity index (χ4v) is 2.64. The number of nitrogens with zero attached hydrogens (tertiary/aromatic N) is 1. The van der Waals surface area contributed by atoms with E-state index in [0.717, 1.165) is 5.56 Å². The van der Waals surface area contributed by atoms with Gasteiger partial charge in [-0.15, -0.1) is 0 Å². The second-order valence-corrected chi connectivity index (χ2v) is 6.19. The number of imide groups is 1. The summed E-state index contributed by atoms with van der Waals surface area (Å²) in [6, 6.07) is 7.42. The van der Waals surface area contributed by atoms with Gasteiger partial charge in [-0.25, -0.2) is 4.79 Å². The van der Waals surface area contributed by atoms with Gasteiger partial charge in [0.25, 0.3) is 5.91 Å². The molecule has 1 fully saturated rings. The van der Waals surface area contributed by atoms with Gasteiger partial charge >= 0.3 is 6.03 Å². The van der Waals surface area contributed by atoms with Crippen molar-refractivity contribution in [3.8, 4) is 0 Å². The van der Waals surface area contributed by atoms with Crippen molar-refractivity contribution in [3.05, 3.63) is 35.4 Å². The summed E-state index contributed by atoms with van der Waals surface area (Å²) < 4.78 is 5.26. The van der Waals surface area contributed by atoms with Crippen LogP contribution in [0.3, 0.4) is 0 Å². The number of amides is 3. The first-order chi connectivity index (χ1) is 10.9. The van der Waals surface area contributed by atoms with Gasteiger partial charge in [0.05, 0.1) is 19.8 Å². The molecule has 1 unspecified atom stereocenters. The second-order valence-electron chi connectivity index (χ2n) is 6.19. The van der Waals surface area contributed by atoms with Crippen molar-refractivity contribution in [1.29, 1.82) is 0 Å². The highest BCUT2D eigenvalue weighted by molar-refractivity contribution is 6.07. The molecule has 0 radical (unpaired) electrons. The molecule has 6 heteroatoms. The topological polar surface area (TPSA) is 84.7 Å². The highest BCUT2D eigenvalue weighted by atomic mass is 16.5. The molecule has 2 rings (SSSR count). The predicted octanol–water partition coefficient (Wildman–Crippen LogP) is 1.55. The van der Waals surface area contributed by atoms with Crippen LogP contribution in [0, 0.1) is 0 Å². The molecule has 0 aromatic heterocycles. The molecule has 1 aromatic rings. The summed E-state index contributed by atoms with van der Waals surface area (Å²) in [7, 11) is 0. The number of hydrogen-bond acceptors (Lipinski definition) is 4. The Kier molecular flexibility index (Phi) is 5.38. The summed E-state index contributed by atoms with van der Waals surface area (Å²) in [5.74, 6) is 0.165. The quantitative estimate of drug-likeness (QED) is 0.590. The van der Waals surface area contributed by atoms with Gasteiger partial charge in [0.2, 0.25) is 0 Å². The van der Waals surface area contributed by atoms with Gasteiger partial charge in [-0.3, -0.25) is 9.69 Å². The number of urea groups is 1. The van der Waals surface area contributed by atoms with Crippen LogP contribution in [-0.4, -0.2) is 43.1 Å². The molecule has 0 spiro atoms. The smallest absolute Gasteiger partial charge is 0.325 e. The summed E-state index contributed by atoms with van der Waals surface area (Å²) >= 11 is 0. The third kappa shape index (κ3) is 3.54. The number of ether oxygens (including phenoxy) is 1. The number of hydrogen-bond donors (Lipinski definition) is 2. The largest absolute Gasteiger partial charge is 0.378 e. The average Bonchev–Trinajstić information content (AvgIpc) is 2.75. The van der Waals surface area contributed by atoms with Crippen molar-refractivity contribution in [1.82, 2.24) is 10.2 Å². The van der Waals surface area contributed by atoms with Gasteiger partial charge in [0.1, 0.15) is 5.54 Å². The van der Waals surface area contributed by atoms with Crippen LogP contribution in [0.5, 0.6) is 0 Å². The maximum Gasteiger partial charge on any atom is 0.325 e. The van der Waals surface area contributed by atoms with Gasteiger partial charge in [0, 0.05) is 6.54 Å². The molecule has 0 aliphatic carbocycles. The summed E-state index contributed by atoms with van der Waals surface area (Å²) in [5.41, 5.74) is 6.30. The minimum atomic E-state index is -1.03. The first kappa shape index (κ1) is 17.4. The highest BCUT2D eigenvalue weighted by Gasteiger charge is 2.48. The van der Waals surface area contributed by atoms with E-state index in [9.17, 15) is 9.59 Å². The van der Waals surface area contributed by atoms with Gasteiger partial charge < -0.3 is 15.8 Å². The summed E-state index contributed by atoms with van der Waals surface area (Å²) in [5, 5.41) is 2.79. The normalized spacial score (nSPS) is 21.2. The Morgan fingerprint density at radius 1 is 1.22 bits per heavy atom. The van der Waals surface area contributed by atoms with Crippen molar-refractivity contribution >= 4 is 11.9 Å². The van der Waals surface area contributed by atoms with Crippen molar-refractivity contribution < 1.29 is 14.3 Å². The van der Waals surface area contributed by atoms with E-state index in [1.54, 1.807) is 6.92 Å². The third-order valence-electron chi connectivity index (χ3n) is 4.15. The molecular formula is C17H25N3O3. The fraction of sp³-hybridized carbons (Fsp3) is 0.529. The summed E-state index contributed by atoms with van der Waals surface area (Å²) in [6.45, 7) is 7.31. The fourth-order valence-electron chi connectivity index (χ4n) is 2.64. The van der Waals surface area contributed by atoms with E-state index in [4.69, 9.17) is 10.5 Å². The minimum Gasteiger partial charge on any atom is -0.378 e. The van der Waals surface area contributed by atoms with E-state index < -0.39 is 5.54 Å². The van der Waals surface area contributed by atoms with E-state index in [1.807, 2.05) is 24.3 Å². The Hall–Kier alpha value is -1.92. The lowest BCUT2D eigenvalue weighted by Gasteiger charge is -2.23. The first-order valence-electron chi connectivity index (χ1n) is 7.92. The molecule has 0 saturated carbocycles. The highest BCUT2D eigenvalue weighted by Crippen LogP contribution is 2.29. The lowest BCUT2D eigenvalue weighted by molar-refractivity contribution is -0.131. The molecular weight excluding hydrogens is 294 g/mol. The SMILES string of the molecule is CC(C)c1ccc(C2(C)NC(=O)N(CCOCCN)C2=O)cc1. The zero-order valence-electron chi connectivity index (χ0n) is 14.0. The molecule has 6 nitrogen and oxygen atoms in total. The molecule has 3 amide bonds. The van der Waals surface area contributed by atoms with Crippen molar-refractivity contribution in [3.63, 3.8) is 0 Å². The Morgan fingerprint density at radius 2 is 1.87 bits per heavy atom. The maximum atomic E-state index is 12.7. The molecule has 1 heterocycles. The van der Waals surface area contributed by atoms with Gasteiger partial charge in [0.15, 0.2) is 0 Å². The monoisotopic (exact) mass is 319 g/mol. The molecule has 1 aliphatic rings. The predicted molar refractivity (Wildman–Crippen MR) is 88.0 cm³/mol. The number of rotatable bonds is 7. The third-order valence-corrected chi connectivity index (χ3v) is 4.15. The van der Waals surface area contributed by atoms with Crippen LogP contribution >= 0.6 is 0 Å². The number of carbonyl (C=O) groups is 2. The molecule has 1 atom stereocenters. The van der Waals surface area contributed by atoms with E-state index in [0.29, 0.717) is 25.7 Å². The van der Waals surface area contributed by atoms with Crippen LogP contribution in [0.25, 0.3) is 0 Å². The van der Waals surface area contributed by atoms with Crippen LogP contribution in [0.4, 0.5) is 4.79 Å². The molecule has 1 aromatic carbocycles. The standard InChI is InChI=1S/C17H25N3O3/c1-12(2)13-4-6-14(7-5-13)17(3)15(21)20(16(22)19-17)9-11-23-10-8-18/h4-7,12H,8-11,18H2,1-3H3,(H,19,22). The van der Waals surface area contributed by atoms with Crippen LogP contribution < -0.4 is 11.1 Å². The van der Waals surface area contributed by atoms with Crippen LogP contribution in [0.1, 0.15) is 37.8 Å². The van der Waals surface area contributed by atoms with Crippen molar-refractivity contribution in [2.45, 2.75) is 32.2 Å². The maximum absolute atomic E-state index is 12.7. The molecule has 23 heavy (non-hydrogen) atoms. The number of nitrogens with two attached hydrogens (primary N) is 1. The van der Waals surface area contributed by atoms with E-state index >= 15 is 0 Å².